The molecule has 5 rings (SSSR count). The lowest BCUT2D eigenvalue weighted by Gasteiger charge is -2.46. The van der Waals surface area contributed by atoms with Gasteiger partial charge >= 0.3 is 10.3 Å². The maximum atomic E-state index is 12.1. The van der Waals surface area contributed by atoms with Crippen LogP contribution in [0.15, 0.2) is 17.7 Å². The Balaban J connectivity index is 1.56. The minimum absolute atomic E-state index is 0.0341. The highest BCUT2D eigenvalue weighted by Gasteiger charge is 2.74. The predicted molar refractivity (Wildman–Crippen MR) is 110 cm³/mol. The summed E-state index contributed by atoms with van der Waals surface area (Å²) in [7, 11) is -2.79. The van der Waals surface area contributed by atoms with E-state index in [9.17, 15) is 18.3 Å². The SMILES string of the molecule is COc1cc2c(cc1OS(=O)(=O)NC(C)=O)CCC1=C2CC[C@]2(C)[C@H](O)C[C@@H]3C[C@@]132. The van der Waals surface area contributed by atoms with Crippen molar-refractivity contribution in [1.29, 1.82) is 0 Å². The molecule has 1 aromatic rings. The van der Waals surface area contributed by atoms with Gasteiger partial charge in [0.25, 0.3) is 0 Å². The fourth-order valence-corrected chi connectivity index (χ4v) is 7.37. The van der Waals surface area contributed by atoms with E-state index < -0.39 is 16.2 Å². The van der Waals surface area contributed by atoms with Crippen molar-refractivity contribution in [3.63, 3.8) is 0 Å². The Bertz CT molecular complexity index is 1090. The van der Waals surface area contributed by atoms with Crippen LogP contribution >= 0.6 is 0 Å². The van der Waals surface area contributed by atoms with Gasteiger partial charge in [0.05, 0.1) is 13.2 Å². The molecule has 1 spiro atoms. The normalized spacial score (nSPS) is 33.7. The van der Waals surface area contributed by atoms with Crippen molar-refractivity contribution >= 4 is 21.8 Å². The fraction of sp³-hybridized carbons (Fsp3) is 0.591. The molecule has 0 unspecified atom stereocenters. The summed E-state index contributed by atoms with van der Waals surface area (Å²) in [5.41, 5.74) is 5.05. The maximum Gasteiger partial charge on any atom is 0.409 e. The third-order valence-corrected chi connectivity index (χ3v) is 8.93. The van der Waals surface area contributed by atoms with Gasteiger partial charge in [-0.3, -0.25) is 4.79 Å². The third-order valence-electron chi connectivity index (χ3n) is 7.99. The zero-order valence-electron chi connectivity index (χ0n) is 17.4. The highest BCUT2D eigenvalue weighted by atomic mass is 32.2. The third kappa shape index (κ3) is 2.59. The van der Waals surface area contributed by atoms with E-state index >= 15 is 0 Å². The van der Waals surface area contributed by atoms with Crippen LogP contribution in [-0.2, 0) is 21.5 Å². The minimum Gasteiger partial charge on any atom is -0.493 e. The number of benzene rings is 1. The van der Waals surface area contributed by atoms with E-state index in [0.29, 0.717) is 11.7 Å². The molecule has 0 saturated heterocycles. The molecule has 4 atom stereocenters. The van der Waals surface area contributed by atoms with Crippen molar-refractivity contribution in [3.05, 3.63) is 28.8 Å². The lowest BCUT2D eigenvalue weighted by molar-refractivity contribution is -0.117. The van der Waals surface area contributed by atoms with E-state index in [-0.39, 0.29) is 22.7 Å². The smallest absolute Gasteiger partial charge is 0.409 e. The Morgan fingerprint density at radius 1 is 1.23 bits per heavy atom. The van der Waals surface area contributed by atoms with Gasteiger partial charge in [0.2, 0.25) is 5.91 Å². The number of amides is 1. The molecular weight excluding hydrogens is 406 g/mol. The maximum absolute atomic E-state index is 12.1. The van der Waals surface area contributed by atoms with Crippen molar-refractivity contribution in [1.82, 2.24) is 4.72 Å². The number of methoxy groups -OCH3 is 1. The first-order chi connectivity index (χ1) is 14.1. The number of aryl methyl sites for hydroxylation is 1. The van der Waals surface area contributed by atoms with Crippen molar-refractivity contribution in [3.8, 4) is 11.5 Å². The number of nitrogens with one attached hydrogen (secondary N) is 1. The molecule has 2 fully saturated rings. The number of carbonyl (C=O) groups excluding carboxylic acids is 1. The summed E-state index contributed by atoms with van der Waals surface area (Å²) in [6.45, 7) is 3.37. The van der Waals surface area contributed by atoms with E-state index in [2.05, 4.69) is 6.92 Å². The highest BCUT2D eigenvalue weighted by molar-refractivity contribution is 7.85. The number of aliphatic hydroxyl groups excluding tert-OH is 1. The predicted octanol–water partition coefficient (Wildman–Crippen LogP) is 2.73. The second kappa shape index (κ2) is 6.23. The summed E-state index contributed by atoms with van der Waals surface area (Å²) in [6, 6.07) is 3.58. The molecule has 4 aliphatic carbocycles. The quantitative estimate of drug-likeness (QED) is 0.757. The van der Waals surface area contributed by atoms with Crippen LogP contribution in [0.4, 0.5) is 0 Å². The number of hydrogen-bond acceptors (Lipinski definition) is 6. The van der Waals surface area contributed by atoms with E-state index in [1.807, 2.05) is 10.8 Å². The molecule has 0 bridgehead atoms. The Hall–Kier alpha value is -2.06. The Kier molecular flexibility index (Phi) is 4.13. The van der Waals surface area contributed by atoms with Crippen molar-refractivity contribution < 1.29 is 27.2 Å². The minimum atomic E-state index is -4.26. The molecule has 7 nitrogen and oxygen atoms in total. The van der Waals surface area contributed by atoms with Crippen LogP contribution in [0.25, 0.3) is 5.57 Å². The highest BCUT2D eigenvalue weighted by Crippen LogP contribution is 2.80. The number of allylic oxidation sites excluding steroid dienone is 2. The summed E-state index contributed by atoms with van der Waals surface area (Å²) >= 11 is 0. The van der Waals surface area contributed by atoms with Crippen LogP contribution in [0.1, 0.15) is 57.1 Å². The number of rotatable bonds is 4. The number of hydrogen-bond donors (Lipinski definition) is 2. The van der Waals surface area contributed by atoms with Crippen molar-refractivity contribution in [2.75, 3.05) is 7.11 Å². The second-order valence-corrected chi connectivity index (χ2v) is 10.6. The number of fused-ring (bicyclic) bond motifs is 2. The van der Waals surface area contributed by atoms with Crippen LogP contribution in [0.5, 0.6) is 11.5 Å². The summed E-state index contributed by atoms with van der Waals surface area (Å²) in [6.07, 6.45) is 5.41. The zero-order chi connectivity index (χ0) is 21.5. The molecule has 0 heterocycles. The summed E-state index contributed by atoms with van der Waals surface area (Å²) < 4.78 is 36.5. The molecule has 1 aromatic carbocycles. The fourth-order valence-electron chi connectivity index (χ4n) is 6.61. The van der Waals surface area contributed by atoms with Crippen LogP contribution < -0.4 is 13.6 Å². The molecule has 2 saturated carbocycles. The molecule has 2 N–H and O–H groups in total. The molecule has 8 heteroatoms. The molecule has 0 radical (unpaired) electrons. The van der Waals surface area contributed by atoms with Crippen LogP contribution in [0, 0.1) is 16.7 Å². The van der Waals surface area contributed by atoms with Crippen LogP contribution in [-0.4, -0.2) is 32.6 Å². The van der Waals surface area contributed by atoms with Gasteiger partial charge in [-0.05, 0) is 73.3 Å². The van der Waals surface area contributed by atoms with Crippen molar-refractivity contribution in [2.45, 2.75) is 58.5 Å². The Labute approximate surface area is 176 Å². The van der Waals surface area contributed by atoms with Gasteiger partial charge in [-0.2, -0.15) is 8.42 Å². The first-order valence-corrected chi connectivity index (χ1v) is 11.9. The molecule has 4 aliphatic rings. The number of aliphatic hydroxyl groups is 1. The zero-order valence-corrected chi connectivity index (χ0v) is 18.3. The van der Waals surface area contributed by atoms with E-state index in [4.69, 9.17) is 8.92 Å². The summed E-state index contributed by atoms with van der Waals surface area (Å²) in [5.74, 6) is 0.259. The molecule has 30 heavy (non-hydrogen) atoms. The van der Waals surface area contributed by atoms with Gasteiger partial charge in [-0.15, -0.1) is 0 Å². The van der Waals surface area contributed by atoms with Crippen molar-refractivity contribution in [2.24, 2.45) is 16.7 Å². The first kappa shape index (κ1) is 19.9. The largest absolute Gasteiger partial charge is 0.493 e. The summed E-state index contributed by atoms with van der Waals surface area (Å²) in [5, 5.41) is 10.7. The Morgan fingerprint density at radius 2 is 2.00 bits per heavy atom. The molecule has 0 aromatic heterocycles. The van der Waals surface area contributed by atoms with Crippen LogP contribution in [0.2, 0.25) is 0 Å². The van der Waals surface area contributed by atoms with E-state index in [0.717, 1.165) is 50.2 Å². The van der Waals surface area contributed by atoms with Gasteiger partial charge in [-0.1, -0.05) is 12.5 Å². The molecular formula is C22H27NO6S. The lowest BCUT2D eigenvalue weighted by Crippen LogP contribution is -2.41. The Morgan fingerprint density at radius 3 is 2.70 bits per heavy atom. The standard InChI is InChI=1S/C22H27NO6S/c1-12(24)23-30(26,27)29-19-8-13-4-5-17-15(16(13)10-18(19)28-3)6-7-21(2)20(25)9-14-11-22(14,17)21/h8,10,14,20,25H,4-7,9,11H2,1-3H3,(H,23,24)/t14-,20-,21-,22+/m1/s1. The average Bonchev–Trinajstić information content (AvgIpc) is 3.31. The lowest BCUT2D eigenvalue weighted by atomic mass is 9.59. The first-order valence-electron chi connectivity index (χ1n) is 10.5. The van der Waals surface area contributed by atoms with E-state index in [1.165, 1.54) is 24.7 Å². The monoisotopic (exact) mass is 433 g/mol. The second-order valence-electron chi connectivity index (χ2n) is 9.35. The molecule has 1 amide bonds. The van der Waals surface area contributed by atoms with Crippen LogP contribution in [0.3, 0.4) is 0 Å². The van der Waals surface area contributed by atoms with E-state index in [1.54, 1.807) is 6.07 Å². The molecule has 162 valence electrons. The van der Waals surface area contributed by atoms with Gasteiger partial charge < -0.3 is 14.0 Å². The topological polar surface area (TPSA) is 102 Å². The van der Waals surface area contributed by atoms with Gasteiger partial charge in [0.1, 0.15) is 0 Å². The number of carbonyl (C=O) groups is 1. The van der Waals surface area contributed by atoms with Gasteiger partial charge in [-0.25, -0.2) is 4.72 Å². The number of ether oxygens (including phenoxy) is 1. The van der Waals surface area contributed by atoms with Gasteiger partial charge in [0, 0.05) is 17.8 Å². The summed E-state index contributed by atoms with van der Waals surface area (Å²) in [4.78, 5) is 11.1. The average molecular weight is 434 g/mol. The van der Waals surface area contributed by atoms with Gasteiger partial charge in [0.15, 0.2) is 11.5 Å². The molecule has 0 aliphatic heterocycles.